The maximum absolute atomic E-state index is 5.82. The summed E-state index contributed by atoms with van der Waals surface area (Å²) in [5.41, 5.74) is 6.63. The maximum Gasteiger partial charge on any atom is 0.174 e. The van der Waals surface area contributed by atoms with Crippen LogP contribution in [0.25, 0.3) is 5.69 Å². The van der Waals surface area contributed by atoms with Gasteiger partial charge in [0.05, 0.1) is 29.7 Å². The van der Waals surface area contributed by atoms with Crippen molar-refractivity contribution in [3.8, 4) is 5.69 Å². The molecule has 1 aliphatic heterocycles. The molecule has 0 saturated carbocycles. The number of pyridine rings is 2. The van der Waals surface area contributed by atoms with E-state index < -0.39 is 0 Å². The SMILES string of the molecule is Cc1cc([C@H]2[C@H](c3ccccn3)NC(=S)N2c2ccccc2)c(C)n1-c1cccnc1. The first-order valence-electron chi connectivity index (χ1n) is 10.3. The molecule has 3 aromatic heterocycles. The van der Waals surface area contributed by atoms with Crippen molar-refractivity contribution in [3.05, 3.63) is 108 Å². The van der Waals surface area contributed by atoms with E-state index in [1.54, 1.807) is 6.20 Å². The fourth-order valence-corrected chi connectivity index (χ4v) is 4.85. The van der Waals surface area contributed by atoms with E-state index in [1.807, 2.05) is 48.8 Å². The molecule has 0 radical (unpaired) electrons. The average Bonchev–Trinajstić information content (AvgIpc) is 3.30. The first-order valence-corrected chi connectivity index (χ1v) is 10.7. The van der Waals surface area contributed by atoms with Crippen LogP contribution in [-0.4, -0.2) is 19.6 Å². The molecule has 6 heteroatoms. The molecule has 1 saturated heterocycles. The summed E-state index contributed by atoms with van der Waals surface area (Å²) in [5, 5.41) is 4.24. The van der Waals surface area contributed by atoms with Crippen molar-refractivity contribution in [3.63, 3.8) is 0 Å². The number of para-hydroxylation sites is 1. The summed E-state index contributed by atoms with van der Waals surface area (Å²) in [6.07, 6.45) is 5.53. The molecule has 4 heterocycles. The molecule has 0 bridgehead atoms. The first kappa shape index (κ1) is 19.5. The number of aryl methyl sites for hydroxylation is 1. The molecule has 0 spiro atoms. The van der Waals surface area contributed by atoms with Crippen molar-refractivity contribution in [2.75, 3.05) is 4.90 Å². The highest BCUT2D eigenvalue weighted by molar-refractivity contribution is 7.80. The average molecular weight is 426 g/mol. The summed E-state index contributed by atoms with van der Waals surface area (Å²) in [7, 11) is 0. The van der Waals surface area contributed by atoms with E-state index >= 15 is 0 Å². The molecule has 1 aliphatic rings. The van der Waals surface area contributed by atoms with Crippen LogP contribution in [0.5, 0.6) is 0 Å². The Hall–Kier alpha value is -3.51. The van der Waals surface area contributed by atoms with Crippen LogP contribution in [0.4, 0.5) is 5.69 Å². The zero-order valence-corrected chi connectivity index (χ0v) is 18.3. The summed E-state index contributed by atoms with van der Waals surface area (Å²) in [4.78, 5) is 11.2. The van der Waals surface area contributed by atoms with E-state index in [0.29, 0.717) is 5.11 Å². The molecular formula is C25H23N5S. The van der Waals surface area contributed by atoms with Crippen molar-refractivity contribution >= 4 is 23.0 Å². The lowest BCUT2D eigenvalue weighted by atomic mass is 9.96. The van der Waals surface area contributed by atoms with Gasteiger partial charge < -0.3 is 14.8 Å². The summed E-state index contributed by atoms with van der Waals surface area (Å²) in [5.74, 6) is 0. The molecule has 0 unspecified atom stereocenters. The van der Waals surface area contributed by atoms with Gasteiger partial charge in [-0.25, -0.2) is 0 Å². The van der Waals surface area contributed by atoms with E-state index in [-0.39, 0.29) is 12.1 Å². The van der Waals surface area contributed by atoms with Gasteiger partial charge in [0.15, 0.2) is 5.11 Å². The van der Waals surface area contributed by atoms with Crippen LogP contribution in [0, 0.1) is 13.8 Å². The Morgan fingerprint density at radius 2 is 1.68 bits per heavy atom. The zero-order valence-electron chi connectivity index (χ0n) is 17.4. The molecule has 1 aromatic carbocycles. The molecule has 5 rings (SSSR count). The zero-order chi connectivity index (χ0) is 21.4. The normalized spacial score (nSPS) is 18.3. The molecular weight excluding hydrogens is 402 g/mol. The molecule has 1 N–H and O–H groups in total. The van der Waals surface area contributed by atoms with Crippen LogP contribution in [0.3, 0.4) is 0 Å². The van der Waals surface area contributed by atoms with E-state index in [9.17, 15) is 0 Å². The summed E-state index contributed by atoms with van der Waals surface area (Å²) >= 11 is 5.82. The highest BCUT2D eigenvalue weighted by Crippen LogP contribution is 2.43. The predicted octanol–water partition coefficient (Wildman–Crippen LogP) is 5.06. The third kappa shape index (κ3) is 3.39. The maximum atomic E-state index is 5.82. The van der Waals surface area contributed by atoms with Gasteiger partial charge in [0.1, 0.15) is 0 Å². The van der Waals surface area contributed by atoms with Gasteiger partial charge in [-0.15, -0.1) is 0 Å². The fraction of sp³-hybridized carbons (Fsp3) is 0.160. The Kier molecular flexibility index (Phi) is 5.00. The fourth-order valence-electron chi connectivity index (χ4n) is 4.51. The van der Waals surface area contributed by atoms with Crippen molar-refractivity contribution < 1.29 is 0 Å². The van der Waals surface area contributed by atoms with Crippen LogP contribution in [0.2, 0.25) is 0 Å². The van der Waals surface area contributed by atoms with Gasteiger partial charge in [0.2, 0.25) is 0 Å². The van der Waals surface area contributed by atoms with Crippen molar-refractivity contribution in [2.24, 2.45) is 0 Å². The highest BCUT2D eigenvalue weighted by Gasteiger charge is 2.42. The number of nitrogens with zero attached hydrogens (tertiary/aromatic N) is 4. The van der Waals surface area contributed by atoms with Gasteiger partial charge in [-0.1, -0.05) is 24.3 Å². The minimum atomic E-state index is -0.0586. The molecule has 2 atom stereocenters. The summed E-state index contributed by atoms with van der Waals surface area (Å²) < 4.78 is 2.25. The first-order chi connectivity index (χ1) is 15.1. The van der Waals surface area contributed by atoms with E-state index in [0.717, 1.165) is 22.8 Å². The Labute approximate surface area is 187 Å². The lowest BCUT2D eigenvalue weighted by Crippen LogP contribution is -2.29. The van der Waals surface area contributed by atoms with Gasteiger partial charge in [0, 0.05) is 29.5 Å². The van der Waals surface area contributed by atoms with Crippen molar-refractivity contribution in [1.29, 1.82) is 0 Å². The summed E-state index contributed by atoms with van der Waals surface area (Å²) in [6.45, 7) is 4.29. The van der Waals surface area contributed by atoms with Crippen LogP contribution in [0.1, 0.15) is 34.7 Å². The Balaban J connectivity index is 1.68. The van der Waals surface area contributed by atoms with Gasteiger partial charge >= 0.3 is 0 Å². The van der Waals surface area contributed by atoms with Gasteiger partial charge in [0.25, 0.3) is 0 Å². The number of hydrogen-bond donors (Lipinski definition) is 1. The molecule has 0 amide bonds. The van der Waals surface area contributed by atoms with Crippen molar-refractivity contribution in [1.82, 2.24) is 19.9 Å². The van der Waals surface area contributed by atoms with E-state index in [2.05, 4.69) is 68.9 Å². The lowest BCUT2D eigenvalue weighted by molar-refractivity contribution is 0.565. The topological polar surface area (TPSA) is 46.0 Å². The van der Waals surface area contributed by atoms with Gasteiger partial charge in [-0.05, 0) is 74.1 Å². The second kappa shape index (κ2) is 7.96. The minimum absolute atomic E-state index is 0.0265. The smallest absolute Gasteiger partial charge is 0.174 e. The minimum Gasteiger partial charge on any atom is -0.351 e. The number of aromatic nitrogens is 3. The van der Waals surface area contributed by atoms with E-state index in [4.69, 9.17) is 12.2 Å². The molecule has 154 valence electrons. The Morgan fingerprint density at radius 3 is 2.39 bits per heavy atom. The highest BCUT2D eigenvalue weighted by atomic mass is 32.1. The van der Waals surface area contributed by atoms with Crippen molar-refractivity contribution in [2.45, 2.75) is 25.9 Å². The lowest BCUT2D eigenvalue weighted by Gasteiger charge is -2.28. The monoisotopic (exact) mass is 425 g/mol. The largest absolute Gasteiger partial charge is 0.351 e. The molecule has 0 aliphatic carbocycles. The quantitative estimate of drug-likeness (QED) is 0.463. The summed E-state index contributed by atoms with van der Waals surface area (Å²) in [6, 6.07) is 22.6. The van der Waals surface area contributed by atoms with Crippen LogP contribution in [0.15, 0.2) is 85.3 Å². The van der Waals surface area contributed by atoms with Gasteiger partial charge in [-0.3, -0.25) is 9.97 Å². The second-order valence-electron chi connectivity index (χ2n) is 7.71. The van der Waals surface area contributed by atoms with Gasteiger partial charge in [-0.2, -0.15) is 0 Å². The number of rotatable bonds is 4. The number of benzene rings is 1. The molecule has 5 nitrogen and oxygen atoms in total. The second-order valence-corrected chi connectivity index (χ2v) is 8.09. The number of nitrogens with one attached hydrogen (secondary N) is 1. The van der Waals surface area contributed by atoms with Crippen LogP contribution < -0.4 is 10.2 Å². The Morgan fingerprint density at radius 1 is 0.903 bits per heavy atom. The van der Waals surface area contributed by atoms with E-state index in [1.165, 1.54) is 11.3 Å². The van der Waals surface area contributed by atoms with Crippen LogP contribution >= 0.6 is 12.2 Å². The van der Waals surface area contributed by atoms with Crippen LogP contribution in [-0.2, 0) is 0 Å². The molecule has 31 heavy (non-hydrogen) atoms. The number of hydrogen-bond acceptors (Lipinski definition) is 3. The molecule has 4 aromatic rings. The predicted molar refractivity (Wildman–Crippen MR) is 127 cm³/mol. The Bertz CT molecular complexity index is 1200. The third-order valence-electron chi connectivity index (χ3n) is 5.83. The standard InChI is InChI=1S/C25H23N5S/c1-17-15-21(18(2)29(17)20-11-8-13-26-16-20)24-23(22-12-6-7-14-27-22)28-25(31)30(24)19-9-4-3-5-10-19/h3-16,23-24H,1-2H3,(H,28,31)/t23-,24-/m0/s1. The molecule has 1 fully saturated rings. The number of anilines is 1. The third-order valence-corrected chi connectivity index (χ3v) is 6.14. The number of thiocarbonyl (C=S) groups is 1.